The highest BCUT2D eigenvalue weighted by Gasteiger charge is 2.37. The van der Waals surface area contributed by atoms with Crippen LogP contribution in [-0.2, 0) is 6.54 Å². The summed E-state index contributed by atoms with van der Waals surface area (Å²) in [6.07, 6.45) is 3.53. The van der Waals surface area contributed by atoms with E-state index < -0.39 is 0 Å². The molecule has 0 spiro atoms. The average Bonchev–Trinajstić information content (AvgIpc) is 3.11. The minimum Gasteiger partial charge on any atom is -0.354 e. The van der Waals surface area contributed by atoms with E-state index in [4.69, 9.17) is 0 Å². The lowest BCUT2D eigenvalue weighted by molar-refractivity contribution is 0.533. The van der Waals surface area contributed by atoms with Crippen LogP contribution >= 0.6 is 0 Å². The first-order valence-electron chi connectivity index (χ1n) is 6.98. The number of anilines is 1. The number of aromatic nitrogens is 4. The molecule has 2 aliphatic rings. The molecule has 0 amide bonds. The molecule has 2 saturated heterocycles. The van der Waals surface area contributed by atoms with Gasteiger partial charge in [-0.1, -0.05) is 0 Å². The normalized spacial score (nSPS) is 26.3. The average molecular weight is 258 g/mol. The molecule has 6 nitrogen and oxygen atoms in total. The van der Waals surface area contributed by atoms with Gasteiger partial charge in [-0.15, -0.1) is 0 Å². The third kappa shape index (κ3) is 1.63. The van der Waals surface area contributed by atoms with Crippen molar-refractivity contribution >= 4 is 17.0 Å². The van der Waals surface area contributed by atoms with Gasteiger partial charge in [0.25, 0.3) is 0 Å². The summed E-state index contributed by atoms with van der Waals surface area (Å²) >= 11 is 0. The number of hydrogen-bond acceptors (Lipinski definition) is 5. The zero-order chi connectivity index (χ0) is 12.8. The monoisotopic (exact) mass is 258 g/mol. The van der Waals surface area contributed by atoms with Crippen LogP contribution in [0, 0.1) is 11.8 Å². The SMILES string of the molecule is CCn1cnc2c(N3CC4CNCC4C3)ncnc21. The second-order valence-electron chi connectivity index (χ2n) is 5.48. The number of nitrogens with one attached hydrogen (secondary N) is 1. The predicted octanol–water partition coefficient (Wildman–Crippen LogP) is 0.502. The fourth-order valence-electron chi connectivity index (χ4n) is 3.36. The van der Waals surface area contributed by atoms with Crippen molar-refractivity contribution in [2.24, 2.45) is 11.8 Å². The molecule has 0 saturated carbocycles. The summed E-state index contributed by atoms with van der Waals surface area (Å²) in [7, 11) is 0. The summed E-state index contributed by atoms with van der Waals surface area (Å²) in [5, 5.41) is 3.47. The molecule has 2 unspecified atom stereocenters. The van der Waals surface area contributed by atoms with Crippen LogP contribution in [0.4, 0.5) is 5.82 Å². The van der Waals surface area contributed by atoms with E-state index in [-0.39, 0.29) is 0 Å². The molecule has 0 bridgehead atoms. The molecule has 4 rings (SSSR count). The zero-order valence-corrected chi connectivity index (χ0v) is 11.1. The van der Waals surface area contributed by atoms with E-state index in [1.165, 1.54) is 0 Å². The van der Waals surface area contributed by atoms with Crippen molar-refractivity contribution in [2.45, 2.75) is 13.5 Å². The van der Waals surface area contributed by atoms with E-state index in [0.29, 0.717) is 0 Å². The first kappa shape index (κ1) is 11.2. The smallest absolute Gasteiger partial charge is 0.165 e. The van der Waals surface area contributed by atoms with Crippen LogP contribution in [0.15, 0.2) is 12.7 Å². The van der Waals surface area contributed by atoms with Gasteiger partial charge in [-0.3, -0.25) is 0 Å². The van der Waals surface area contributed by atoms with Gasteiger partial charge in [0.15, 0.2) is 17.0 Å². The molecule has 2 atom stereocenters. The van der Waals surface area contributed by atoms with E-state index in [1.54, 1.807) is 6.33 Å². The minimum absolute atomic E-state index is 0.762. The van der Waals surface area contributed by atoms with Gasteiger partial charge in [0, 0.05) is 32.7 Å². The van der Waals surface area contributed by atoms with Crippen LogP contribution in [0.25, 0.3) is 11.2 Å². The van der Waals surface area contributed by atoms with E-state index in [0.717, 1.165) is 61.5 Å². The lowest BCUT2D eigenvalue weighted by atomic mass is 10.0. The van der Waals surface area contributed by atoms with Gasteiger partial charge in [0.2, 0.25) is 0 Å². The largest absolute Gasteiger partial charge is 0.354 e. The van der Waals surface area contributed by atoms with Crippen molar-refractivity contribution in [1.29, 1.82) is 0 Å². The van der Waals surface area contributed by atoms with Crippen LogP contribution in [0.5, 0.6) is 0 Å². The summed E-state index contributed by atoms with van der Waals surface area (Å²) in [4.78, 5) is 15.7. The third-order valence-electron chi connectivity index (χ3n) is 4.41. The molecule has 4 heterocycles. The molecule has 0 radical (unpaired) electrons. The Bertz CT molecular complexity index is 594. The third-order valence-corrected chi connectivity index (χ3v) is 4.41. The van der Waals surface area contributed by atoms with Crippen LogP contribution in [0.3, 0.4) is 0 Å². The molecule has 2 aromatic heterocycles. The highest BCUT2D eigenvalue weighted by Crippen LogP contribution is 2.31. The van der Waals surface area contributed by atoms with Crippen molar-refractivity contribution in [3.05, 3.63) is 12.7 Å². The molecule has 0 aromatic carbocycles. The highest BCUT2D eigenvalue weighted by atomic mass is 15.3. The summed E-state index contributed by atoms with van der Waals surface area (Å²) < 4.78 is 2.07. The molecule has 2 aliphatic heterocycles. The van der Waals surface area contributed by atoms with E-state index >= 15 is 0 Å². The molecule has 2 aromatic rings. The quantitative estimate of drug-likeness (QED) is 0.850. The van der Waals surface area contributed by atoms with Crippen LogP contribution < -0.4 is 10.2 Å². The number of hydrogen-bond donors (Lipinski definition) is 1. The molecule has 2 fully saturated rings. The molecular formula is C13H18N6. The number of imidazole rings is 1. The summed E-state index contributed by atoms with van der Waals surface area (Å²) in [5.74, 6) is 2.53. The first-order chi connectivity index (χ1) is 9.36. The molecule has 0 aliphatic carbocycles. The van der Waals surface area contributed by atoms with Crippen molar-refractivity contribution < 1.29 is 0 Å². The van der Waals surface area contributed by atoms with Gasteiger partial charge in [0.1, 0.15) is 6.33 Å². The van der Waals surface area contributed by atoms with Crippen LogP contribution in [-0.4, -0.2) is 45.7 Å². The van der Waals surface area contributed by atoms with Gasteiger partial charge in [-0.2, -0.15) is 0 Å². The second kappa shape index (κ2) is 4.16. The molecule has 19 heavy (non-hydrogen) atoms. The van der Waals surface area contributed by atoms with Crippen molar-refractivity contribution in [3.8, 4) is 0 Å². The van der Waals surface area contributed by atoms with E-state index in [2.05, 4.69) is 36.7 Å². The molecular weight excluding hydrogens is 240 g/mol. The lowest BCUT2D eigenvalue weighted by Gasteiger charge is -2.18. The second-order valence-corrected chi connectivity index (χ2v) is 5.48. The zero-order valence-electron chi connectivity index (χ0n) is 11.1. The van der Waals surface area contributed by atoms with Gasteiger partial charge in [0.05, 0.1) is 6.33 Å². The summed E-state index contributed by atoms with van der Waals surface area (Å²) in [5.41, 5.74) is 1.89. The van der Waals surface area contributed by atoms with Gasteiger partial charge < -0.3 is 14.8 Å². The minimum atomic E-state index is 0.762. The Morgan fingerprint density at radius 1 is 1.21 bits per heavy atom. The molecule has 100 valence electrons. The van der Waals surface area contributed by atoms with E-state index in [9.17, 15) is 0 Å². The Balaban J connectivity index is 1.73. The Morgan fingerprint density at radius 2 is 2.00 bits per heavy atom. The molecule has 6 heteroatoms. The lowest BCUT2D eigenvalue weighted by Crippen LogP contribution is -2.26. The molecule has 1 N–H and O–H groups in total. The Hall–Kier alpha value is -1.69. The maximum absolute atomic E-state index is 4.51. The summed E-state index contributed by atoms with van der Waals surface area (Å²) in [6, 6.07) is 0. The van der Waals surface area contributed by atoms with Crippen molar-refractivity contribution in [3.63, 3.8) is 0 Å². The predicted molar refractivity (Wildman–Crippen MR) is 73.1 cm³/mol. The van der Waals surface area contributed by atoms with Crippen molar-refractivity contribution in [2.75, 3.05) is 31.1 Å². The van der Waals surface area contributed by atoms with Crippen LogP contribution in [0.2, 0.25) is 0 Å². The maximum atomic E-state index is 4.51. The number of nitrogens with zero attached hydrogens (tertiary/aromatic N) is 5. The maximum Gasteiger partial charge on any atom is 0.165 e. The van der Waals surface area contributed by atoms with Gasteiger partial charge in [-0.05, 0) is 18.8 Å². The van der Waals surface area contributed by atoms with Gasteiger partial charge >= 0.3 is 0 Å². The Kier molecular flexibility index (Phi) is 2.44. The topological polar surface area (TPSA) is 58.9 Å². The number of rotatable bonds is 2. The van der Waals surface area contributed by atoms with Crippen molar-refractivity contribution in [1.82, 2.24) is 24.8 Å². The first-order valence-corrected chi connectivity index (χ1v) is 6.98. The number of aryl methyl sites for hydroxylation is 1. The summed E-state index contributed by atoms with van der Waals surface area (Å²) in [6.45, 7) is 7.44. The van der Waals surface area contributed by atoms with E-state index in [1.807, 2.05) is 6.33 Å². The number of fused-ring (bicyclic) bond motifs is 2. The van der Waals surface area contributed by atoms with Gasteiger partial charge in [-0.25, -0.2) is 15.0 Å². The fraction of sp³-hybridized carbons (Fsp3) is 0.615. The highest BCUT2D eigenvalue weighted by molar-refractivity contribution is 5.83. The van der Waals surface area contributed by atoms with Crippen LogP contribution in [0.1, 0.15) is 6.92 Å². The fourth-order valence-corrected chi connectivity index (χ4v) is 3.36. The Morgan fingerprint density at radius 3 is 2.74 bits per heavy atom. The Labute approximate surface area is 111 Å². The standard InChI is InChI=1S/C13H18N6/c1-2-18-8-17-11-12(18)15-7-16-13(11)19-5-9-3-14-4-10(9)6-19/h7-10,14H,2-6H2,1H3.